The van der Waals surface area contributed by atoms with Crippen molar-refractivity contribution in [3.8, 4) is 0 Å². The van der Waals surface area contributed by atoms with Gasteiger partial charge in [-0.15, -0.1) is 0 Å². The van der Waals surface area contributed by atoms with Crippen LogP contribution in [0.2, 0.25) is 0 Å². The highest BCUT2D eigenvalue weighted by atomic mass is 16.6. The third kappa shape index (κ3) is 4.76. The van der Waals surface area contributed by atoms with E-state index in [4.69, 9.17) is 4.74 Å². The molecule has 6 heteroatoms. The molecule has 0 spiro atoms. The van der Waals surface area contributed by atoms with Gasteiger partial charge in [0.2, 0.25) is 0 Å². The zero-order chi connectivity index (χ0) is 17.4. The Morgan fingerprint density at radius 2 is 1.96 bits per heavy atom. The summed E-state index contributed by atoms with van der Waals surface area (Å²) in [5.74, 6) is -0.259. The quantitative estimate of drug-likeness (QED) is 0.279. The van der Waals surface area contributed by atoms with Crippen molar-refractivity contribution in [1.82, 2.24) is 5.32 Å². The summed E-state index contributed by atoms with van der Waals surface area (Å²) in [7, 11) is 1.56. The minimum Gasteiger partial charge on any atom is -0.383 e. The number of ether oxygens (including phenoxy) is 1. The largest absolute Gasteiger partial charge is 0.383 e. The molecule has 0 unspecified atom stereocenters. The minimum absolute atomic E-state index is 0.0176. The molecule has 0 saturated carbocycles. The number of hydrogen-bond acceptors (Lipinski definition) is 4. The first kappa shape index (κ1) is 17.4. The standard InChI is InChI=1S/C18H18N2O4/c1-24-11-10-19-18(21)17(15-7-3-2-4-8-15)13-14-6-5-9-16(12-14)20(22)23/h2-9,12-13H,10-11H2,1H3,(H,19,21)/b17-13+. The molecule has 0 atom stereocenters. The maximum absolute atomic E-state index is 12.5. The summed E-state index contributed by atoms with van der Waals surface area (Å²) in [6.07, 6.45) is 1.64. The summed E-state index contributed by atoms with van der Waals surface area (Å²) in [5, 5.41) is 13.7. The van der Waals surface area contributed by atoms with Gasteiger partial charge in [0, 0.05) is 31.4 Å². The number of nitro benzene ring substituents is 1. The minimum atomic E-state index is -0.460. The van der Waals surface area contributed by atoms with Gasteiger partial charge in [-0.1, -0.05) is 42.5 Å². The molecule has 1 N–H and O–H groups in total. The second-order valence-electron chi connectivity index (χ2n) is 5.02. The molecule has 24 heavy (non-hydrogen) atoms. The number of methoxy groups -OCH3 is 1. The molecule has 2 rings (SSSR count). The monoisotopic (exact) mass is 326 g/mol. The van der Waals surface area contributed by atoms with Gasteiger partial charge < -0.3 is 10.1 Å². The Hall–Kier alpha value is -2.99. The maximum atomic E-state index is 12.5. The third-order valence-electron chi connectivity index (χ3n) is 3.31. The third-order valence-corrected chi connectivity index (χ3v) is 3.31. The van der Waals surface area contributed by atoms with Crippen LogP contribution < -0.4 is 5.32 Å². The number of carbonyl (C=O) groups is 1. The van der Waals surface area contributed by atoms with Crippen LogP contribution in [0.15, 0.2) is 54.6 Å². The van der Waals surface area contributed by atoms with Gasteiger partial charge in [0.15, 0.2) is 0 Å². The lowest BCUT2D eigenvalue weighted by molar-refractivity contribution is -0.384. The fourth-order valence-electron chi connectivity index (χ4n) is 2.15. The van der Waals surface area contributed by atoms with Crippen LogP contribution in [0, 0.1) is 10.1 Å². The molecule has 124 valence electrons. The molecule has 0 aliphatic carbocycles. The van der Waals surface area contributed by atoms with Crippen LogP contribution in [-0.4, -0.2) is 31.1 Å². The number of nitrogens with zero attached hydrogens (tertiary/aromatic N) is 1. The lowest BCUT2D eigenvalue weighted by atomic mass is 10.0. The Morgan fingerprint density at radius 3 is 2.62 bits per heavy atom. The van der Waals surface area contributed by atoms with Crippen LogP contribution >= 0.6 is 0 Å². The Balaban J connectivity index is 2.36. The smallest absolute Gasteiger partial charge is 0.270 e. The van der Waals surface area contributed by atoms with Crippen molar-refractivity contribution in [1.29, 1.82) is 0 Å². The molecule has 6 nitrogen and oxygen atoms in total. The van der Waals surface area contributed by atoms with Crippen molar-refractivity contribution in [2.75, 3.05) is 20.3 Å². The van der Waals surface area contributed by atoms with E-state index >= 15 is 0 Å². The van der Waals surface area contributed by atoms with Crippen molar-refractivity contribution in [2.45, 2.75) is 0 Å². The van der Waals surface area contributed by atoms with Crippen molar-refractivity contribution < 1.29 is 14.5 Å². The number of nitrogens with one attached hydrogen (secondary N) is 1. The van der Waals surface area contributed by atoms with Gasteiger partial charge in [0.25, 0.3) is 11.6 Å². The highest BCUT2D eigenvalue weighted by Crippen LogP contribution is 2.21. The molecule has 0 aromatic heterocycles. The summed E-state index contributed by atoms with van der Waals surface area (Å²) in [5.41, 5.74) is 1.74. The van der Waals surface area contributed by atoms with Gasteiger partial charge >= 0.3 is 0 Å². The fourth-order valence-corrected chi connectivity index (χ4v) is 2.15. The summed E-state index contributed by atoms with van der Waals surface area (Å²) in [4.78, 5) is 22.9. The zero-order valence-corrected chi connectivity index (χ0v) is 13.3. The molecule has 0 bridgehead atoms. The lowest BCUT2D eigenvalue weighted by Gasteiger charge is -2.09. The summed E-state index contributed by atoms with van der Waals surface area (Å²) in [6.45, 7) is 0.791. The number of amides is 1. The summed E-state index contributed by atoms with van der Waals surface area (Å²) in [6, 6.07) is 15.3. The Labute approximate surface area is 139 Å². The van der Waals surface area contributed by atoms with Gasteiger partial charge in [0.05, 0.1) is 11.5 Å². The van der Waals surface area contributed by atoms with Crippen LogP contribution in [0.1, 0.15) is 11.1 Å². The van der Waals surface area contributed by atoms with Gasteiger partial charge in [0.1, 0.15) is 0 Å². The predicted octanol–water partition coefficient (Wildman–Crippen LogP) is 2.90. The normalized spacial score (nSPS) is 11.1. The van der Waals surface area contributed by atoms with Gasteiger partial charge in [-0.05, 0) is 17.2 Å². The number of nitro groups is 1. The van der Waals surface area contributed by atoms with Gasteiger partial charge in [-0.25, -0.2) is 0 Å². The Kier molecular flexibility index (Phi) is 6.22. The van der Waals surface area contributed by atoms with E-state index in [-0.39, 0.29) is 11.6 Å². The van der Waals surface area contributed by atoms with E-state index in [1.807, 2.05) is 30.3 Å². The van der Waals surface area contributed by atoms with E-state index in [0.717, 1.165) is 5.56 Å². The second kappa shape index (κ2) is 8.59. The first-order valence-corrected chi connectivity index (χ1v) is 7.40. The average Bonchev–Trinajstić information content (AvgIpc) is 2.60. The number of carbonyl (C=O) groups excluding carboxylic acids is 1. The van der Waals surface area contributed by atoms with Crippen LogP contribution in [0.25, 0.3) is 11.6 Å². The average molecular weight is 326 g/mol. The zero-order valence-electron chi connectivity index (χ0n) is 13.3. The maximum Gasteiger partial charge on any atom is 0.270 e. The topological polar surface area (TPSA) is 81.5 Å². The molecule has 0 aliphatic heterocycles. The van der Waals surface area contributed by atoms with Gasteiger partial charge in [-0.2, -0.15) is 0 Å². The van der Waals surface area contributed by atoms with E-state index in [0.29, 0.717) is 24.3 Å². The molecule has 0 fully saturated rings. The molecule has 2 aromatic rings. The predicted molar refractivity (Wildman–Crippen MR) is 92.3 cm³/mol. The van der Waals surface area contributed by atoms with Crippen LogP contribution in [0.5, 0.6) is 0 Å². The van der Waals surface area contributed by atoms with Crippen molar-refractivity contribution in [3.05, 3.63) is 75.8 Å². The number of rotatable bonds is 7. The van der Waals surface area contributed by atoms with Crippen molar-refractivity contribution >= 4 is 23.2 Å². The highest BCUT2D eigenvalue weighted by molar-refractivity contribution is 6.24. The first-order valence-electron chi connectivity index (χ1n) is 7.40. The molecular formula is C18H18N2O4. The van der Waals surface area contributed by atoms with Crippen molar-refractivity contribution in [3.63, 3.8) is 0 Å². The van der Waals surface area contributed by atoms with E-state index in [1.54, 1.807) is 25.3 Å². The first-order chi connectivity index (χ1) is 11.6. The molecule has 0 aliphatic rings. The molecule has 0 radical (unpaired) electrons. The SMILES string of the molecule is COCCNC(=O)/C(=C/c1cccc([N+](=O)[O-])c1)c1ccccc1. The van der Waals surface area contributed by atoms with Gasteiger partial charge in [-0.3, -0.25) is 14.9 Å². The van der Waals surface area contributed by atoms with E-state index in [9.17, 15) is 14.9 Å². The lowest BCUT2D eigenvalue weighted by Crippen LogP contribution is -2.27. The highest BCUT2D eigenvalue weighted by Gasteiger charge is 2.12. The van der Waals surface area contributed by atoms with Crippen LogP contribution in [0.4, 0.5) is 5.69 Å². The number of non-ortho nitro benzene ring substituents is 1. The molecule has 0 heterocycles. The molecular weight excluding hydrogens is 308 g/mol. The van der Waals surface area contributed by atoms with Crippen molar-refractivity contribution in [2.24, 2.45) is 0 Å². The van der Waals surface area contributed by atoms with E-state index in [1.165, 1.54) is 12.1 Å². The second-order valence-corrected chi connectivity index (χ2v) is 5.02. The summed E-state index contributed by atoms with van der Waals surface area (Å²) < 4.78 is 4.93. The molecule has 1 amide bonds. The van der Waals surface area contributed by atoms with Crippen LogP contribution in [-0.2, 0) is 9.53 Å². The fraction of sp³-hybridized carbons (Fsp3) is 0.167. The summed E-state index contributed by atoms with van der Waals surface area (Å²) >= 11 is 0. The molecule has 2 aromatic carbocycles. The Morgan fingerprint density at radius 1 is 1.21 bits per heavy atom. The van der Waals surface area contributed by atoms with Crippen LogP contribution in [0.3, 0.4) is 0 Å². The number of benzene rings is 2. The molecule has 0 saturated heterocycles. The van der Waals surface area contributed by atoms with E-state index < -0.39 is 4.92 Å². The van der Waals surface area contributed by atoms with E-state index in [2.05, 4.69) is 5.32 Å². The number of hydrogen-bond donors (Lipinski definition) is 1. The Bertz CT molecular complexity index is 742.